The fraction of sp³-hybridized carbons (Fsp3) is 0.100. The number of H-pyrrole nitrogens is 1. The molecule has 1 aromatic carbocycles. The molecule has 0 saturated carbocycles. The molecule has 1 N–H and O–H groups in total. The second-order valence-corrected chi connectivity index (χ2v) is 3.06. The molecule has 6 heteroatoms. The van der Waals surface area contributed by atoms with Gasteiger partial charge in [0, 0.05) is 0 Å². The van der Waals surface area contributed by atoms with Crippen molar-refractivity contribution >= 4 is 5.82 Å². The van der Waals surface area contributed by atoms with Crippen LogP contribution in [-0.4, -0.2) is 14.9 Å². The summed E-state index contributed by atoms with van der Waals surface area (Å²) in [4.78, 5) is 16.2. The average molecular weight is 219 g/mol. The first kappa shape index (κ1) is 10.2. The normalized spacial score (nSPS) is 10.0. The Bertz CT molecular complexity index is 481. The molecule has 0 aliphatic rings. The Labute approximate surface area is 91.0 Å². The third kappa shape index (κ3) is 2.35. The zero-order valence-electron chi connectivity index (χ0n) is 8.29. The van der Waals surface area contributed by atoms with Gasteiger partial charge in [0.2, 0.25) is 0 Å². The van der Waals surface area contributed by atoms with Gasteiger partial charge >= 0.3 is 5.82 Å². The van der Waals surface area contributed by atoms with Gasteiger partial charge in [0.1, 0.15) is 11.9 Å². The van der Waals surface area contributed by atoms with E-state index in [-0.39, 0.29) is 12.4 Å². The molecular weight excluding hydrogens is 210 g/mol. The van der Waals surface area contributed by atoms with E-state index in [9.17, 15) is 10.1 Å². The van der Waals surface area contributed by atoms with Crippen molar-refractivity contribution in [2.45, 2.75) is 6.61 Å². The Morgan fingerprint density at radius 2 is 2.12 bits per heavy atom. The first-order valence-corrected chi connectivity index (χ1v) is 4.62. The molecule has 0 aliphatic heterocycles. The van der Waals surface area contributed by atoms with Crippen LogP contribution in [0.3, 0.4) is 0 Å². The third-order valence-corrected chi connectivity index (χ3v) is 1.92. The standard InChI is InChI=1S/C10H9N3O3/c14-13(15)10-6-11-9(12-10)7-16-8-4-2-1-3-5-8/h1-6H,7H2,(H,11,12). The van der Waals surface area contributed by atoms with E-state index in [2.05, 4.69) is 9.97 Å². The largest absolute Gasteiger partial charge is 0.483 e. The minimum Gasteiger partial charge on any atom is -0.483 e. The fourth-order valence-corrected chi connectivity index (χ4v) is 1.19. The van der Waals surface area contributed by atoms with E-state index in [1.807, 2.05) is 18.2 Å². The molecule has 0 radical (unpaired) electrons. The lowest BCUT2D eigenvalue weighted by atomic mass is 10.3. The van der Waals surface area contributed by atoms with Gasteiger partial charge in [-0.2, -0.15) is 0 Å². The van der Waals surface area contributed by atoms with Crippen LogP contribution in [0.5, 0.6) is 5.75 Å². The molecule has 0 aliphatic carbocycles. The molecule has 2 aromatic rings. The Hall–Kier alpha value is -2.37. The lowest BCUT2D eigenvalue weighted by Gasteiger charge is -2.00. The number of aromatic nitrogens is 2. The van der Waals surface area contributed by atoms with Crippen molar-refractivity contribution in [3.05, 3.63) is 52.5 Å². The van der Waals surface area contributed by atoms with E-state index < -0.39 is 4.92 Å². The number of benzene rings is 1. The summed E-state index contributed by atoms with van der Waals surface area (Å²) in [6, 6.07) is 9.18. The van der Waals surface area contributed by atoms with Crippen LogP contribution in [0.25, 0.3) is 0 Å². The minimum absolute atomic E-state index is 0.178. The quantitative estimate of drug-likeness (QED) is 0.628. The molecular formula is C10H9N3O3. The van der Waals surface area contributed by atoms with Crippen molar-refractivity contribution in [1.29, 1.82) is 0 Å². The van der Waals surface area contributed by atoms with E-state index in [4.69, 9.17) is 4.74 Å². The van der Waals surface area contributed by atoms with E-state index >= 15 is 0 Å². The molecule has 0 amide bonds. The van der Waals surface area contributed by atoms with Gasteiger partial charge in [0.25, 0.3) is 5.82 Å². The topological polar surface area (TPSA) is 81.0 Å². The van der Waals surface area contributed by atoms with Crippen LogP contribution >= 0.6 is 0 Å². The summed E-state index contributed by atoms with van der Waals surface area (Å²) in [6.45, 7) is 0.178. The van der Waals surface area contributed by atoms with Gasteiger partial charge in [-0.05, 0) is 22.0 Å². The van der Waals surface area contributed by atoms with Crippen LogP contribution in [0.15, 0.2) is 36.5 Å². The van der Waals surface area contributed by atoms with Gasteiger partial charge in [0.15, 0.2) is 6.61 Å². The summed E-state index contributed by atoms with van der Waals surface area (Å²) in [5.41, 5.74) is 0. The average Bonchev–Trinajstić information content (AvgIpc) is 2.76. The van der Waals surface area contributed by atoms with Gasteiger partial charge in [-0.15, -0.1) is 0 Å². The third-order valence-electron chi connectivity index (χ3n) is 1.92. The van der Waals surface area contributed by atoms with E-state index in [0.29, 0.717) is 11.6 Å². The number of hydrogen-bond acceptors (Lipinski definition) is 4. The molecule has 0 atom stereocenters. The molecule has 16 heavy (non-hydrogen) atoms. The molecule has 0 spiro atoms. The Kier molecular flexibility index (Phi) is 2.81. The number of hydrogen-bond donors (Lipinski definition) is 1. The Morgan fingerprint density at radius 1 is 1.38 bits per heavy atom. The van der Waals surface area contributed by atoms with Crippen LogP contribution in [0, 0.1) is 10.1 Å². The van der Waals surface area contributed by atoms with Gasteiger partial charge in [0.05, 0.1) is 0 Å². The molecule has 0 fully saturated rings. The van der Waals surface area contributed by atoms with Crippen LogP contribution in [0.4, 0.5) is 5.82 Å². The van der Waals surface area contributed by atoms with Crippen molar-refractivity contribution in [3.63, 3.8) is 0 Å². The summed E-state index contributed by atoms with van der Waals surface area (Å²) in [5, 5.41) is 10.4. The second kappa shape index (κ2) is 4.43. The first-order chi connectivity index (χ1) is 7.75. The van der Waals surface area contributed by atoms with Crippen molar-refractivity contribution in [2.24, 2.45) is 0 Å². The summed E-state index contributed by atoms with van der Waals surface area (Å²) >= 11 is 0. The second-order valence-electron chi connectivity index (χ2n) is 3.06. The number of aromatic amines is 1. The van der Waals surface area contributed by atoms with E-state index in [1.165, 1.54) is 6.20 Å². The number of para-hydroxylation sites is 1. The summed E-state index contributed by atoms with van der Waals surface area (Å²) in [7, 11) is 0. The van der Waals surface area contributed by atoms with Crippen molar-refractivity contribution in [1.82, 2.24) is 9.97 Å². The molecule has 0 unspecified atom stereocenters. The van der Waals surface area contributed by atoms with Crippen LogP contribution < -0.4 is 4.74 Å². The highest BCUT2D eigenvalue weighted by Gasteiger charge is 2.12. The highest BCUT2D eigenvalue weighted by atomic mass is 16.6. The lowest BCUT2D eigenvalue weighted by Crippen LogP contribution is -1.97. The maximum Gasteiger partial charge on any atom is 0.381 e. The van der Waals surface area contributed by atoms with Gasteiger partial charge < -0.3 is 19.8 Å². The highest BCUT2D eigenvalue weighted by Crippen LogP contribution is 2.11. The van der Waals surface area contributed by atoms with Crippen LogP contribution in [0.1, 0.15) is 5.82 Å². The zero-order valence-corrected chi connectivity index (χ0v) is 8.29. The van der Waals surface area contributed by atoms with Gasteiger partial charge in [-0.3, -0.25) is 0 Å². The molecule has 1 aromatic heterocycles. The molecule has 82 valence electrons. The maximum absolute atomic E-state index is 10.4. The first-order valence-electron chi connectivity index (χ1n) is 4.62. The monoisotopic (exact) mass is 219 g/mol. The number of rotatable bonds is 4. The Morgan fingerprint density at radius 3 is 2.75 bits per heavy atom. The number of nitro groups is 1. The molecule has 6 nitrogen and oxygen atoms in total. The molecule has 1 heterocycles. The summed E-state index contributed by atoms with van der Waals surface area (Å²) in [6.07, 6.45) is 1.24. The predicted molar refractivity (Wildman–Crippen MR) is 56.0 cm³/mol. The number of nitrogens with zero attached hydrogens (tertiary/aromatic N) is 2. The summed E-state index contributed by atoms with van der Waals surface area (Å²) < 4.78 is 5.37. The fourth-order valence-electron chi connectivity index (χ4n) is 1.19. The van der Waals surface area contributed by atoms with E-state index in [1.54, 1.807) is 12.1 Å². The smallest absolute Gasteiger partial charge is 0.381 e. The summed E-state index contributed by atoms with van der Waals surface area (Å²) in [5.74, 6) is 0.920. The molecule has 0 saturated heterocycles. The predicted octanol–water partition coefficient (Wildman–Crippen LogP) is 1.90. The number of nitrogens with one attached hydrogen (secondary N) is 1. The molecule has 0 bridgehead atoms. The minimum atomic E-state index is -0.553. The van der Waals surface area contributed by atoms with Crippen molar-refractivity contribution in [2.75, 3.05) is 0 Å². The lowest BCUT2D eigenvalue weighted by molar-refractivity contribution is -0.389. The molecule has 2 rings (SSSR count). The highest BCUT2D eigenvalue weighted by molar-refractivity contribution is 5.21. The van der Waals surface area contributed by atoms with Gasteiger partial charge in [-0.25, -0.2) is 0 Å². The van der Waals surface area contributed by atoms with Crippen molar-refractivity contribution < 1.29 is 9.66 Å². The number of imidazole rings is 1. The van der Waals surface area contributed by atoms with E-state index in [0.717, 1.165) is 0 Å². The zero-order chi connectivity index (χ0) is 11.4. The maximum atomic E-state index is 10.4. The number of ether oxygens (including phenoxy) is 1. The Balaban J connectivity index is 1.97. The van der Waals surface area contributed by atoms with Gasteiger partial charge in [-0.1, -0.05) is 18.2 Å². The SMILES string of the molecule is O=[N+]([O-])c1c[nH]c(COc2ccccc2)n1. The van der Waals surface area contributed by atoms with Crippen LogP contribution in [-0.2, 0) is 6.61 Å². The van der Waals surface area contributed by atoms with Crippen molar-refractivity contribution in [3.8, 4) is 5.75 Å². The van der Waals surface area contributed by atoms with Crippen LogP contribution in [0.2, 0.25) is 0 Å².